The van der Waals surface area contributed by atoms with Crippen molar-refractivity contribution < 1.29 is 19.8 Å². The number of hydrogen-bond acceptors (Lipinski definition) is 3. The Bertz CT molecular complexity index is 249. The van der Waals surface area contributed by atoms with Crippen LogP contribution in [0, 0.1) is 0 Å². The zero-order valence-electron chi connectivity index (χ0n) is 6.60. The summed E-state index contributed by atoms with van der Waals surface area (Å²) in [6.07, 6.45) is 0.548. The van der Waals surface area contributed by atoms with Crippen molar-refractivity contribution in [1.82, 2.24) is 0 Å². The molecule has 0 radical (unpaired) electrons. The zero-order valence-corrected chi connectivity index (χ0v) is 6.60. The summed E-state index contributed by atoms with van der Waals surface area (Å²) in [4.78, 5) is 14.5. The molecule has 1 heterocycles. The van der Waals surface area contributed by atoms with Gasteiger partial charge >= 0.3 is 6.09 Å². The predicted octanol–water partition coefficient (Wildman–Crippen LogP) is 0.859. The maximum atomic E-state index is 10.6. The number of hydroxylamine groups is 3. The summed E-state index contributed by atoms with van der Waals surface area (Å²) in [7, 11) is 0. The highest BCUT2D eigenvalue weighted by atomic mass is 16.6. The van der Waals surface area contributed by atoms with E-state index in [0.717, 1.165) is 0 Å². The molecular formula is C7H11N2O3+. The number of amides is 1. The van der Waals surface area contributed by atoms with Crippen LogP contribution in [0.4, 0.5) is 4.79 Å². The number of aliphatic imine (C=N–C) groups is 1. The number of hydrogen-bond donors (Lipinski definition) is 2. The van der Waals surface area contributed by atoms with Crippen molar-refractivity contribution in [2.24, 2.45) is 4.99 Å². The summed E-state index contributed by atoms with van der Waals surface area (Å²) in [5.41, 5.74) is 0. The lowest BCUT2D eigenvalue weighted by Crippen LogP contribution is -2.51. The molecule has 0 saturated heterocycles. The first-order valence-electron chi connectivity index (χ1n) is 3.60. The number of carboxylic acid groups (broad SMARTS) is 1. The Balaban J connectivity index is 2.85. The molecule has 1 amide bonds. The fraction of sp³-hybridized carbons (Fsp3) is 0.429. The normalized spacial score (nSPS) is 28.2. The minimum atomic E-state index is -1.28. The average molecular weight is 171 g/mol. The number of quaternary nitrogens is 1. The fourth-order valence-corrected chi connectivity index (χ4v) is 1.12. The Kier molecular flexibility index (Phi) is 2.25. The van der Waals surface area contributed by atoms with E-state index in [2.05, 4.69) is 11.6 Å². The third-order valence-corrected chi connectivity index (χ3v) is 1.79. The molecule has 2 N–H and O–H groups in total. The van der Waals surface area contributed by atoms with Crippen LogP contribution in [-0.4, -0.2) is 40.0 Å². The first-order chi connectivity index (χ1) is 5.61. The third kappa shape index (κ3) is 1.24. The van der Waals surface area contributed by atoms with Crippen LogP contribution in [0.2, 0.25) is 0 Å². The van der Waals surface area contributed by atoms with Crippen molar-refractivity contribution in [2.45, 2.75) is 6.42 Å². The van der Waals surface area contributed by atoms with Gasteiger partial charge in [-0.1, -0.05) is 6.08 Å². The van der Waals surface area contributed by atoms with Crippen LogP contribution in [-0.2, 0) is 0 Å². The van der Waals surface area contributed by atoms with E-state index in [0.29, 0.717) is 13.0 Å². The molecular weight excluding hydrogens is 160 g/mol. The summed E-state index contributed by atoms with van der Waals surface area (Å²) < 4.78 is -1.08. The van der Waals surface area contributed by atoms with E-state index in [9.17, 15) is 10.0 Å². The maximum absolute atomic E-state index is 10.6. The van der Waals surface area contributed by atoms with E-state index in [-0.39, 0.29) is 12.4 Å². The Labute approximate surface area is 69.8 Å². The van der Waals surface area contributed by atoms with Gasteiger partial charge in [-0.3, -0.25) is 0 Å². The van der Waals surface area contributed by atoms with Gasteiger partial charge in [0.1, 0.15) is 6.54 Å². The van der Waals surface area contributed by atoms with Gasteiger partial charge in [0, 0.05) is 0 Å². The van der Waals surface area contributed by atoms with Crippen LogP contribution in [0.1, 0.15) is 6.42 Å². The second-order valence-electron chi connectivity index (χ2n) is 2.57. The molecule has 5 nitrogen and oxygen atoms in total. The molecule has 0 aliphatic carbocycles. The number of carbonyl (C=O) groups is 1. The summed E-state index contributed by atoms with van der Waals surface area (Å²) in [5.74, 6) is 0.248. The van der Waals surface area contributed by atoms with Crippen molar-refractivity contribution in [2.75, 3.05) is 13.1 Å². The van der Waals surface area contributed by atoms with Gasteiger partial charge in [0.15, 0.2) is 0 Å². The highest BCUT2D eigenvalue weighted by molar-refractivity contribution is 5.85. The van der Waals surface area contributed by atoms with Gasteiger partial charge in [0.05, 0.1) is 13.0 Å². The topological polar surface area (TPSA) is 69.9 Å². The summed E-state index contributed by atoms with van der Waals surface area (Å²) in [6.45, 7) is 3.92. The second-order valence-corrected chi connectivity index (χ2v) is 2.57. The first-order valence-corrected chi connectivity index (χ1v) is 3.60. The molecule has 0 aromatic carbocycles. The van der Waals surface area contributed by atoms with Gasteiger partial charge in [0.2, 0.25) is 5.84 Å². The second kappa shape index (κ2) is 3.04. The number of rotatable bonds is 2. The van der Waals surface area contributed by atoms with Gasteiger partial charge in [-0.2, -0.15) is 10.0 Å². The minimum Gasteiger partial charge on any atom is -0.433 e. The molecule has 0 spiro atoms. The Hall–Kier alpha value is -1.20. The molecule has 66 valence electrons. The molecule has 0 fully saturated rings. The van der Waals surface area contributed by atoms with Crippen LogP contribution in [0.15, 0.2) is 17.6 Å². The molecule has 5 heteroatoms. The SMILES string of the molecule is C=CCC1=NCC[N+]1(O)C(=O)O. The standard InChI is InChI=1S/C7H10N2O3/c1-2-3-6-8-4-5-9(6,12)7(10)11/h2,12H,1,3-5H2/p+1. The lowest BCUT2D eigenvalue weighted by molar-refractivity contribution is -0.964. The van der Waals surface area contributed by atoms with Crippen molar-refractivity contribution >= 4 is 11.9 Å². The van der Waals surface area contributed by atoms with Crippen LogP contribution in [0.25, 0.3) is 0 Å². The van der Waals surface area contributed by atoms with Crippen LogP contribution >= 0.6 is 0 Å². The molecule has 0 bridgehead atoms. The van der Waals surface area contributed by atoms with Crippen molar-refractivity contribution in [3.8, 4) is 0 Å². The highest BCUT2D eigenvalue weighted by Crippen LogP contribution is 2.14. The highest BCUT2D eigenvalue weighted by Gasteiger charge is 2.45. The number of nitrogens with zero attached hydrogens (tertiary/aromatic N) is 2. The summed E-state index contributed by atoms with van der Waals surface area (Å²) in [6, 6.07) is 0. The van der Waals surface area contributed by atoms with Gasteiger partial charge < -0.3 is 5.11 Å². The van der Waals surface area contributed by atoms with E-state index in [1.165, 1.54) is 6.08 Å². The molecule has 0 aromatic heterocycles. The quantitative estimate of drug-likeness (QED) is 0.367. The predicted molar refractivity (Wildman–Crippen MR) is 42.1 cm³/mol. The largest absolute Gasteiger partial charge is 0.553 e. The van der Waals surface area contributed by atoms with Crippen molar-refractivity contribution in [3.63, 3.8) is 0 Å². The van der Waals surface area contributed by atoms with Crippen molar-refractivity contribution in [1.29, 1.82) is 0 Å². The monoisotopic (exact) mass is 171 g/mol. The van der Waals surface area contributed by atoms with E-state index in [1.54, 1.807) is 0 Å². The number of amidine groups is 1. The molecule has 0 aromatic rings. The average Bonchev–Trinajstić information content (AvgIpc) is 2.35. The van der Waals surface area contributed by atoms with Crippen molar-refractivity contribution in [3.05, 3.63) is 12.7 Å². The Morgan fingerprint density at radius 2 is 2.50 bits per heavy atom. The van der Waals surface area contributed by atoms with E-state index < -0.39 is 10.7 Å². The molecule has 1 atom stereocenters. The van der Waals surface area contributed by atoms with Crippen LogP contribution in [0.5, 0.6) is 0 Å². The van der Waals surface area contributed by atoms with E-state index in [4.69, 9.17) is 5.11 Å². The zero-order chi connectivity index (χ0) is 9.19. The smallest absolute Gasteiger partial charge is 0.433 e. The maximum Gasteiger partial charge on any atom is 0.553 e. The Morgan fingerprint density at radius 1 is 1.83 bits per heavy atom. The van der Waals surface area contributed by atoms with Gasteiger partial charge in [0.25, 0.3) is 0 Å². The first kappa shape index (κ1) is 8.89. The summed E-state index contributed by atoms with van der Waals surface area (Å²) in [5, 5.41) is 18.2. The third-order valence-electron chi connectivity index (χ3n) is 1.79. The molecule has 1 aliphatic heterocycles. The van der Waals surface area contributed by atoms with Crippen LogP contribution in [0.3, 0.4) is 0 Å². The molecule has 1 aliphatic rings. The lowest BCUT2D eigenvalue weighted by atomic mass is 10.3. The summed E-state index contributed by atoms with van der Waals surface area (Å²) >= 11 is 0. The lowest BCUT2D eigenvalue weighted by Gasteiger charge is -2.17. The van der Waals surface area contributed by atoms with E-state index in [1.807, 2.05) is 0 Å². The Morgan fingerprint density at radius 3 is 3.00 bits per heavy atom. The van der Waals surface area contributed by atoms with Gasteiger partial charge in [-0.25, -0.2) is 4.99 Å². The molecule has 1 unspecified atom stereocenters. The van der Waals surface area contributed by atoms with E-state index >= 15 is 0 Å². The fourth-order valence-electron chi connectivity index (χ4n) is 1.12. The molecule has 1 rings (SSSR count). The minimum absolute atomic E-state index is 0.110. The molecule has 12 heavy (non-hydrogen) atoms. The van der Waals surface area contributed by atoms with Crippen LogP contribution < -0.4 is 0 Å². The van der Waals surface area contributed by atoms with Gasteiger partial charge in [-0.15, -0.1) is 6.58 Å². The molecule has 0 saturated carbocycles. The van der Waals surface area contributed by atoms with Gasteiger partial charge in [-0.05, 0) is 4.65 Å².